The van der Waals surface area contributed by atoms with E-state index in [4.69, 9.17) is 110 Å². The van der Waals surface area contributed by atoms with E-state index in [1.165, 1.54) is 11.9 Å². The predicted molar refractivity (Wildman–Crippen MR) is 539 cm³/mol. The molecule has 610 valence electrons. The number of nitrogen functional groups attached to an aromatic ring is 2. The van der Waals surface area contributed by atoms with Crippen LogP contribution in [0, 0.1) is 53.6 Å². The van der Waals surface area contributed by atoms with Crippen LogP contribution in [0.3, 0.4) is 0 Å². The van der Waals surface area contributed by atoms with Gasteiger partial charge in [-0.15, -0.1) is 0 Å². The van der Waals surface area contributed by atoms with Crippen LogP contribution in [-0.2, 0) is 14.4 Å². The van der Waals surface area contributed by atoms with Crippen LogP contribution < -0.4 is 38.1 Å². The summed E-state index contributed by atoms with van der Waals surface area (Å²) in [6.07, 6.45) is -3.90. The largest absolute Gasteiger partial charge is 0.478 e. The van der Waals surface area contributed by atoms with E-state index in [0.717, 1.165) is 0 Å². The number of carboxylic acids is 2. The van der Waals surface area contributed by atoms with Gasteiger partial charge in [-0.05, 0) is 397 Å². The van der Waals surface area contributed by atoms with Crippen molar-refractivity contribution in [1.82, 2.24) is 15.5 Å². The molecule has 0 radical (unpaired) electrons. The lowest BCUT2D eigenvalue weighted by Gasteiger charge is -2.24. The maximum absolute atomic E-state index is 13.2. The number of nitrogens with zero attached hydrogens (tertiary/aromatic N) is 1. The summed E-state index contributed by atoms with van der Waals surface area (Å²) < 4.78 is 5.60. The van der Waals surface area contributed by atoms with E-state index >= 15 is 0 Å². The van der Waals surface area contributed by atoms with Gasteiger partial charge >= 0.3 is 11.9 Å². The van der Waals surface area contributed by atoms with Gasteiger partial charge in [-0.1, -0.05) is 0 Å². The highest BCUT2D eigenvalue weighted by molar-refractivity contribution is 14.1. The van der Waals surface area contributed by atoms with Gasteiger partial charge < -0.3 is 99.1 Å². The molecule has 0 bridgehead atoms. The van der Waals surface area contributed by atoms with Crippen LogP contribution in [0.2, 0.25) is 0 Å². The van der Waals surface area contributed by atoms with Crippen molar-refractivity contribution in [2.75, 3.05) is 93.7 Å². The molecule has 0 aliphatic rings. The maximum atomic E-state index is 13.2. The lowest BCUT2D eigenvalue weighted by atomic mass is 10.1. The number of halogens is 20. The van der Waals surface area contributed by atoms with Gasteiger partial charge in [0, 0.05) is 44.5 Å². The van der Waals surface area contributed by atoms with E-state index in [2.05, 4.69) is 26.6 Å². The number of benzene rings is 5. The number of carbonyl (C=O) groups excluding carboxylic acids is 11. The molecular weight excluding hydrogens is 3290 g/mol. The summed E-state index contributed by atoms with van der Waals surface area (Å²) in [6.45, 7) is -3.24. The molecule has 0 aliphatic heterocycles. The van der Waals surface area contributed by atoms with Crippen molar-refractivity contribution in [1.29, 1.82) is 0 Å². The minimum atomic E-state index is -1.18. The van der Waals surface area contributed by atoms with E-state index in [9.17, 15) is 77.6 Å². The summed E-state index contributed by atoms with van der Waals surface area (Å²) in [5, 5.41) is 109. The van der Waals surface area contributed by atoms with Crippen molar-refractivity contribution in [3.05, 3.63) is 109 Å². The fourth-order valence-corrected chi connectivity index (χ4v) is 31.8. The molecule has 0 aliphatic carbocycles. The van der Waals surface area contributed by atoms with Crippen LogP contribution >= 0.6 is 397 Å². The fourth-order valence-electron chi connectivity index (χ4n) is 7.80. The van der Waals surface area contributed by atoms with Gasteiger partial charge in [0.2, 0.25) is 17.7 Å². The van der Waals surface area contributed by atoms with Crippen molar-refractivity contribution in [3.8, 4) is 0 Å². The third-order valence-corrected chi connectivity index (χ3v) is 30.3. The Morgan fingerprint density at radius 1 is 0.342 bits per heavy atom. The summed E-state index contributed by atoms with van der Waals surface area (Å²) in [5.41, 5.74) is 13.7. The number of nitrogens with one attached hydrogen (secondary N) is 5. The molecule has 52 heteroatoms. The molecule has 20 N–H and O–H groups in total. The van der Waals surface area contributed by atoms with E-state index in [0.29, 0.717) is 52.1 Å². The van der Waals surface area contributed by atoms with Crippen LogP contribution in [0.25, 0.3) is 0 Å². The Hall–Kier alpha value is 1.85. The van der Waals surface area contributed by atoms with Crippen LogP contribution in [0.4, 0.5) is 28.4 Å². The number of hydrogen-bond donors (Lipinski definition) is 18. The topological polar surface area (TPSA) is 560 Å². The van der Waals surface area contributed by atoms with Crippen molar-refractivity contribution < 1.29 is 119 Å². The van der Waals surface area contributed by atoms with Crippen LogP contribution in [0.1, 0.15) is 123 Å². The first-order valence-corrected chi connectivity index (χ1v) is 46.9. The average molecular weight is 3340 g/mol. The van der Waals surface area contributed by atoms with E-state index < -0.39 is 112 Å². The zero-order chi connectivity index (χ0) is 86.2. The Bertz CT molecular complexity index is 4290. The Morgan fingerprint density at radius 2 is 0.559 bits per heavy atom. The zero-order valence-electron chi connectivity index (χ0n) is 54.6. The van der Waals surface area contributed by atoms with Gasteiger partial charge in [-0.3, -0.25) is 52.7 Å². The Balaban J connectivity index is 0.000000711. The Kier molecular flexibility index (Phi) is 53.7. The molecule has 3 unspecified atom stereocenters. The number of aliphatic hydroxyl groups excluding tert-OH is 9. The van der Waals surface area contributed by atoms with Gasteiger partial charge in [-0.25, -0.2) is 9.59 Å². The van der Waals surface area contributed by atoms with Gasteiger partial charge in [0.05, 0.1) is 197 Å². The van der Waals surface area contributed by atoms with Gasteiger partial charge in [-0.2, -0.15) is 0 Å². The second kappa shape index (κ2) is 53.8. The third kappa shape index (κ3) is 31.5. The fraction of sp³-hybridized carbons (Fsp3) is 0.271. The number of nitrogens with two attached hydrogens (primary N) is 2. The minimum Gasteiger partial charge on any atom is -0.478 e. The zero-order valence-corrected chi connectivity index (χ0v) is 90.7. The third-order valence-electron chi connectivity index (χ3n) is 13.0. The first-order chi connectivity index (χ1) is 51.4. The number of amides is 6. The predicted octanol–water partition coefficient (Wildman–Crippen LogP) is 10.5. The van der Waals surface area contributed by atoms with Gasteiger partial charge in [0.1, 0.15) is 0 Å². The molecule has 5 aromatic carbocycles. The van der Waals surface area contributed by atoms with Crippen molar-refractivity contribution in [2.45, 2.75) is 37.6 Å². The van der Waals surface area contributed by atoms with Gasteiger partial charge in [0.25, 0.3) is 43.9 Å². The molecule has 5 aromatic rings. The molecule has 5 rings (SSSR count). The highest BCUT2D eigenvalue weighted by Gasteiger charge is 2.34. The molecule has 0 saturated heterocycles. The highest BCUT2D eigenvalue weighted by atomic mass is 127. The maximum Gasteiger partial charge on any atom is 0.337 e. The second-order valence-electron chi connectivity index (χ2n) is 20.6. The minimum absolute atomic E-state index is 0.0588. The van der Waals surface area contributed by atoms with Crippen molar-refractivity contribution >= 4 is 499 Å². The highest BCUT2D eigenvalue weighted by Crippen LogP contribution is 2.41. The average Bonchev–Trinajstić information content (AvgIpc) is 0.795. The Labute approximate surface area is 858 Å². The quantitative estimate of drug-likeness (QED) is 0.0126. The number of aromatic carboxylic acids is 2. The molecule has 111 heavy (non-hydrogen) atoms. The molecule has 0 saturated carbocycles. The first kappa shape index (κ1) is 111. The van der Waals surface area contributed by atoms with E-state index in [-0.39, 0.29) is 144 Å². The lowest BCUT2D eigenvalue weighted by molar-refractivity contribution is -0.117. The summed E-state index contributed by atoms with van der Waals surface area (Å²) in [5.74, 6) is -5.60. The molecular formula is C59H50Cl5I15N8O24. The van der Waals surface area contributed by atoms with E-state index in [1.54, 1.807) is 67.8 Å². The molecule has 0 heterocycles. The van der Waals surface area contributed by atoms with Crippen LogP contribution in [0.15, 0.2) is 0 Å². The monoisotopic (exact) mass is 3330 g/mol. The summed E-state index contributed by atoms with van der Waals surface area (Å²) in [4.78, 5) is 155. The number of carbonyl (C=O) groups is 13. The summed E-state index contributed by atoms with van der Waals surface area (Å²) >= 11 is 55.3. The summed E-state index contributed by atoms with van der Waals surface area (Å²) in [6, 6.07) is 0. The molecule has 0 spiro atoms. The van der Waals surface area contributed by atoms with Crippen LogP contribution in [0.5, 0.6) is 0 Å². The molecule has 32 nitrogen and oxygen atoms in total. The van der Waals surface area contributed by atoms with E-state index in [1.807, 2.05) is 271 Å². The second-order valence-corrected chi connectivity index (χ2v) is 38.5. The smallest absolute Gasteiger partial charge is 0.337 e. The number of likely N-dealkylation sites (N-methyl/N-ethyl adjacent to an activating group) is 1. The number of rotatable bonds is 28. The lowest BCUT2D eigenvalue weighted by Crippen LogP contribution is -2.38. The molecule has 0 aromatic heterocycles. The first-order valence-electron chi connectivity index (χ1n) is 28.8. The van der Waals surface area contributed by atoms with Crippen molar-refractivity contribution in [2.24, 2.45) is 0 Å². The molecule has 0 fully saturated rings. The number of hydrogen-bond acceptors (Lipinski definition) is 24. The SMILES string of the molecule is CN(CC(O)CO)C(=O)c1c(I)c(NC(=O)CCO)c(I)c(C(=O)NCC(O)CO)c1I.Nc1c(I)c(C(=O)Cl)c(I)c(C(=O)Cl)c1I.Nc1c(I)c(C(=O)O)c(I)c(C(=O)O)c1I.O=C(CCO)Nc1c(I)c(C(=O)Cl)c(I)c(C(=O)Cl)c1I.O=C(CCO)Nc1c(I)c(C(=O)Cl)c(I)c(C(=O)NCC(O)CO)c1I. The standard InChI is InChI=1S/C18H24I3N3O8.C14H14ClI3N2O6.C11H6Cl2I3NO4.C8H2Cl2I3NO2.C8H4I3NO4/c1-24(5-9(29)7-27)18(32)12-13(19)11(17(31)22-4-8(28)6-26)14(20)16(15(12)21)23-10(30)2-3-25;15-13(25)7-9(16)8(14(26)19-3-5(23)4-22)11(18)12(10(7)17)20-6(24)1-2-21;12-10(20)4-6(14)5(11(13)21)8(16)9(7(4)15)17-3(19)1-2-18;9-7(15)1-3(11)2(8(10)16)5(13)6(14)4(1)12;9-3-1(7(13)14)4(10)6(12)5(11)2(3)8(15)16/h8-9,25-29H,2-7H2,1H3,(H,22,31)(H,23,30);5,21-23H,1-4H2,(H,19,26)(H,20,24);18H,1-2H2,(H,17,19);14H2;12H2,(H,13,14)(H,15,16). The summed E-state index contributed by atoms with van der Waals surface area (Å²) in [7, 11) is 1.42. The van der Waals surface area contributed by atoms with Crippen LogP contribution in [-0.4, -0.2) is 219 Å². The molecule has 3 atom stereocenters. The number of aliphatic hydroxyl groups is 9. The molecule has 6 amide bonds. The van der Waals surface area contributed by atoms with Crippen molar-refractivity contribution in [3.63, 3.8) is 0 Å². The normalized spacial score (nSPS) is 11.4. The number of carboxylic acid groups (broad SMARTS) is 2. The van der Waals surface area contributed by atoms with Gasteiger partial charge in [0.15, 0.2) is 0 Å². The Morgan fingerprint density at radius 3 is 0.802 bits per heavy atom. The number of anilines is 5.